The van der Waals surface area contributed by atoms with Crippen LogP contribution in [-0.4, -0.2) is 47.6 Å². The van der Waals surface area contributed by atoms with E-state index in [2.05, 4.69) is 62.2 Å². The summed E-state index contributed by atoms with van der Waals surface area (Å²) >= 11 is 0. The van der Waals surface area contributed by atoms with E-state index in [9.17, 15) is 9.59 Å². The molecule has 2 aliphatic carbocycles. The Morgan fingerprint density at radius 3 is 2.33 bits per heavy atom. The van der Waals surface area contributed by atoms with E-state index in [1.54, 1.807) is 19.2 Å². The Kier molecular flexibility index (Phi) is 9.33. The molecular formula is C37H48N5O3+. The molecule has 2 amide bonds. The summed E-state index contributed by atoms with van der Waals surface area (Å²) in [5.41, 5.74) is 9.23. The summed E-state index contributed by atoms with van der Waals surface area (Å²) in [7, 11) is 1.69. The van der Waals surface area contributed by atoms with Crippen LogP contribution in [0.25, 0.3) is 0 Å². The number of amidine groups is 1. The minimum absolute atomic E-state index is 0.0233. The van der Waals surface area contributed by atoms with E-state index in [0.29, 0.717) is 17.2 Å². The lowest BCUT2D eigenvalue weighted by Crippen LogP contribution is -2.52. The van der Waals surface area contributed by atoms with Crippen molar-refractivity contribution in [2.45, 2.75) is 83.8 Å². The molecule has 0 aromatic heterocycles. The lowest BCUT2D eigenvalue weighted by Gasteiger charge is -2.47. The van der Waals surface area contributed by atoms with Crippen molar-refractivity contribution in [2.24, 2.45) is 22.1 Å². The number of ether oxygens (including phenoxy) is 1. The molecule has 2 aromatic rings. The fraction of sp³-hybridized carbons (Fsp3) is 0.459. The number of methoxy groups -OCH3 is 1. The molecule has 1 aliphatic heterocycles. The van der Waals surface area contributed by atoms with Gasteiger partial charge in [-0.25, -0.2) is 0 Å². The van der Waals surface area contributed by atoms with E-state index in [1.807, 2.05) is 30.3 Å². The second-order valence-electron chi connectivity index (χ2n) is 13.7. The van der Waals surface area contributed by atoms with Crippen molar-refractivity contribution in [3.05, 3.63) is 94.8 Å². The standard InChI is InChI=1S/C37H47N5O3/c1-6-31(26-9-13-28(14-10-26)34(43)40-23-32(38)39)42-35(44)33(41-37(42)21-19-29(20-22-37)36(2,3)4)27-11-7-24(8-12-27)25-15-17-30(45-5)18-16-25/h7-15,17-18,25,29,31H,6,16,19-23H2,1-5H3,(H3,38,39)(H,40,43)/p+1/t25?,29?,31-,37?/m1/s1. The Hall–Kier alpha value is -4.20. The first kappa shape index (κ1) is 32.2. The van der Waals surface area contributed by atoms with Gasteiger partial charge in [0, 0.05) is 17.0 Å². The van der Waals surface area contributed by atoms with Gasteiger partial charge in [-0.05, 0) is 85.3 Å². The van der Waals surface area contributed by atoms with Crippen molar-refractivity contribution in [2.75, 3.05) is 13.7 Å². The smallest absolute Gasteiger partial charge is 0.275 e. The molecule has 1 heterocycles. The number of carbonyl (C=O) groups excluding carboxylic acids is 2. The van der Waals surface area contributed by atoms with Crippen LogP contribution in [0.1, 0.15) is 105 Å². The fourth-order valence-electron chi connectivity index (χ4n) is 7.13. The summed E-state index contributed by atoms with van der Waals surface area (Å²) in [6, 6.07) is 15.7. The summed E-state index contributed by atoms with van der Waals surface area (Å²) in [5.74, 6) is 1.62. The zero-order chi connectivity index (χ0) is 32.4. The van der Waals surface area contributed by atoms with Crippen molar-refractivity contribution < 1.29 is 19.7 Å². The number of amides is 2. The number of allylic oxidation sites excluding steroid dienone is 3. The first-order chi connectivity index (χ1) is 21.5. The van der Waals surface area contributed by atoms with Crippen molar-refractivity contribution >= 4 is 23.4 Å². The Morgan fingerprint density at radius 1 is 1.13 bits per heavy atom. The first-order valence-corrected chi connectivity index (χ1v) is 16.2. The van der Waals surface area contributed by atoms with Crippen molar-refractivity contribution in [1.29, 1.82) is 0 Å². The third-order valence-electron chi connectivity index (χ3n) is 9.82. The molecule has 0 saturated heterocycles. The van der Waals surface area contributed by atoms with Crippen molar-refractivity contribution in [3.8, 4) is 0 Å². The van der Waals surface area contributed by atoms with Crippen LogP contribution in [0.2, 0.25) is 0 Å². The SMILES string of the molecule is CC[C@H](c1ccc(C(=O)NCC(N)=[NH2+])cc1)N1C(=O)C(c2ccc(C3C=CC(OC)=CC3)cc2)=NC12CCC(C(C)(C)C)CC2. The molecule has 2 atom stereocenters. The Morgan fingerprint density at radius 2 is 1.80 bits per heavy atom. The molecule has 45 heavy (non-hydrogen) atoms. The third-order valence-corrected chi connectivity index (χ3v) is 9.82. The number of hydrogen-bond donors (Lipinski definition) is 3. The summed E-state index contributed by atoms with van der Waals surface area (Å²) in [4.78, 5) is 34.5. The van der Waals surface area contributed by atoms with Gasteiger partial charge in [-0.2, -0.15) is 0 Å². The van der Waals surface area contributed by atoms with E-state index >= 15 is 0 Å². The molecule has 8 nitrogen and oxygen atoms in total. The molecule has 1 unspecified atom stereocenters. The lowest BCUT2D eigenvalue weighted by atomic mass is 9.69. The average Bonchev–Trinajstić information content (AvgIpc) is 3.31. The lowest BCUT2D eigenvalue weighted by molar-refractivity contribution is -0.133. The molecule has 1 saturated carbocycles. The van der Waals surface area contributed by atoms with Crippen LogP contribution in [0.15, 0.2) is 77.5 Å². The number of carbonyl (C=O) groups is 2. The van der Waals surface area contributed by atoms with Gasteiger partial charge < -0.3 is 15.0 Å². The maximum Gasteiger partial charge on any atom is 0.275 e. The highest BCUT2D eigenvalue weighted by molar-refractivity contribution is 6.46. The number of rotatable bonds is 9. The molecule has 1 spiro atoms. The number of aliphatic imine (C=N–C) groups is 1. The Balaban J connectivity index is 1.44. The molecule has 0 bridgehead atoms. The zero-order valence-corrected chi connectivity index (χ0v) is 27.3. The van der Waals surface area contributed by atoms with E-state index in [1.165, 1.54) is 5.56 Å². The first-order valence-electron chi connectivity index (χ1n) is 16.2. The van der Waals surface area contributed by atoms with Gasteiger partial charge in [-0.1, -0.05) is 70.2 Å². The third kappa shape index (κ3) is 6.75. The number of nitrogens with zero attached hydrogens (tertiary/aromatic N) is 2. The van der Waals surface area contributed by atoms with Gasteiger partial charge in [0.15, 0.2) is 0 Å². The highest BCUT2D eigenvalue weighted by Gasteiger charge is 2.52. The molecule has 8 heteroatoms. The summed E-state index contributed by atoms with van der Waals surface area (Å²) in [6.07, 6.45) is 11.6. The molecule has 0 radical (unpaired) electrons. The van der Waals surface area contributed by atoms with Crippen molar-refractivity contribution in [3.63, 3.8) is 0 Å². The number of nitrogens with one attached hydrogen (secondary N) is 1. The molecule has 3 aliphatic rings. The Labute approximate surface area is 267 Å². The van der Waals surface area contributed by atoms with Crippen LogP contribution in [-0.2, 0) is 9.53 Å². The van der Waals surface area contributed by atoms with Gasteiger partial charge in [-0.15, -0.1) is 0 Å². The molecule has 5 N–H and O–H groups in total. The van der Waals surface area contributed by atoms with Gasteiger partial charge in [-0.3, -0.25) is 25.7 Å². The van der Waals surface area contributed by atoms with E-state index in [4.69, 9.17) is 20.9 Å². The quantitative estimate of drug-likeness (QED) is 0.278. The summed E-state index contributed by atoms with van der Waals surface area (Å²) in [5, 5.41) is 8.23. The summed E-state index contributed by atoms with van der Waals surface area (Å²) < 4.78 is 5.35. The molecule has 5 rings (SSSR count). The zero-order valence-electron chi connectivity index (χ0n) is 27.3. The van der Waals surface area contributed by atoms with Crippen LogP contribution in [0.4, 0.5) is 0 Å². The van der Waals surface area contributed by atoms with Crippen LogP contribution in [0.3, 0.4) is 0 Å². The van der Waals surface area contributed by atoms with E-state index in [0.717, 1.165) is 55.4 Å². The second-order valence-corrected chi connectivity index (χ2v) is 13.7. The second kappa shape index (κ2) is 13.0. The maximum atomic E-state index is 14.5. The highest BCUT2D eigenvalue weighted by atomic mass is 16.5. The van der Waals surface area contributed by atoms with Gasteiger partial charge in [0.25, 0.3) is 17.6 Å². The van der Waals surface area contributed by atoms with Crippen molar-refractivity contribution in [1.82, 2.24) is 10.2 Å². The van der Waals surface area contributed by atoms with Crippen LogP contribution >= 0.6 is 0 Å². The average molecular weight is 611 g/mol. The largest absolute Gasteiger partial charge is 0.497 e. The van der Waals surface area contributed by atoms with E-state index in [-0.39, 0.29) is 41.6 Å². The van der Waals surface area contributed by atoms with Gasteiger partial charge in [0.05, 0.1) is 13.2 Å². The maximum absolute atomic E-state index is 14.5. The topological polar surface area (TPSA) is 123 Å². The number of benzene rings is 2. The molecule has 2 aromatic carbocycles. The minimum Gasteiger partial charge on any atom is -0.497 e. The van der Waals surface area contributed by atoms with Crippen LogP contribution in [0, 0.1) is 11.3 Å². The summed E-state index contributed by atoms with van der Waals surface area (Å²) in [6.45, 7) is 9.15. The normalized spacial score (nSPS) is 23.8. The van der Waals surface area contributed by atoms with Gasteiger partial charge >= 0.3 is 0 Å². The molecule has 238 valence electrons. The predicted octanol–water partition coefficient (Wildman–Crippen LogP) is 4.82. The minimum atomic E-state index is -0.592. The van der Waals surface area contributed by atoms with Crippen LogP contribution < -0.4 is 16.5 Å². The fourth-order valence-corrected chi connectivity index (χ4v) is 7.13. The van der Waals surface area contributed by atoms with Gasteiger partial charge in [0.1, 0.15) is 23.7 Å². The molecule has 1 fully saturated rings. The van der Waals surface area contributed by atoms with E-state index < -0.39 is 5.66 Å². The van der Waals surface area contributed by atoms with Crippen LogP contribution in [0.5, 0.6) is 0 Å². The molecular weight excluding hydrogens is 562 g/mol. The Bertz CT molecular complexity index is 1510. The number of nitrogens with two attached hydrogens (primary N) is 2. The van der Waals surface area contributed by atoms with Gasteiger partial charge in [0.2, 0.25) is 0 Å². The highest BCUT2D eigenvalue weighted by Crippen LogP contribution is 2.49. The monoisotopic (exact) mass is 610 g/mol. The number of hydrogen-bond acceptors (Lipinski definition) is 4. The predicted molar refractivity (Wildman–Crippen MR) is 178 cm³/mol.